The number of carbonyl (C=O) groups is 1. The molecule has 6 heteroatoms. The first-order chi connectivity index (χ1) is 8.48. The standard InChI is InChI=1S/C12H20N2O3S/c1-9-4-2-3-5-11(9)13-14-12(15)10-6-7-18(16,17)8-10/h9-10H,2-8H2,1H3,(H,14,15)/t9-,10-/m0/s1. The second-order valence-electron chi connectivity index (χ2n) is 5.33. The first kappa shape index (κ1) is 13.5. The van der Waals surface area contributed by atoms with E-state index in [1.165, 1.54) is 6.42 Å². The Bertz CT molecular complexity index is 456. The zero-order chi connectivity index (χ0) is 13.2. The van der Waals surface area contributed by atoms with Crippen molar-refractivity contribution in [2.24, 2.45) is 16.9 Å². The van der Waals surface area contributed by atoms with Gasteiger partial charge in [-0.2, -0.15) is 5.10 Å². The first-order valence-corrected chi connectivity index (χ1v) is 8.37. The van der Waals surface area contributed by atoms with Crippen molar-refractivity contribution in [3.8, 4) is 0 Å². The molecule has 0 unspecified atom stereocenters. The summed E-state index contributed by atoms with van der Waals surface area (Å²) >= 11 is 0. The molecule has 1 N–H and O–H groups in total. The molecule has 1 saturated carbocycles. The van der Waals surface area contributed by atoms with Crippen LogP contribution in [0.4, 0.5) is 0 Å². The van der Waals surface area contributed by atoms with E-state index in [9.17, 15) is 13.2 Å². The van der Waals surface area contributed by atoms with Gasteiger partial charge < -0.3 is 0 Å². The predicted molar refractivity (Wildman–Crippen MR) is 70.0 cm³/mol. The van der Waals surface area contributed by atoms with Crippen LogP contribution >= 0.6 is 0 Å². The first-order valence-electron chi connectivity index (χ1n) is 6.55. The van der Waals surface area contributed by atoms with E-state index < -0.39 is 15.8 Å². The number of sulfone groups is 1. The van der Waals surface area contributed by atoms with Crippen LogP contribution in [0.25, 0.3) is 0 Å². The second kappa shape index (κ2) is 5.38. The zero-order valence-corrected chi connectivity index (χ0v) is 11.5. The molecule has 2 rings (SSSR count). The number of nitrogens with zero attached hydrogens (tertiary/aromatic N) is 1. The summed E-state index contributed by atoms with van der Waals surface area (Å²) in [5, 5.41) is 4.18. The van der Waals surface area contributed by atoms with Crippen LogP contribution in [0.15, 0.2) is 5.10 Å². The molecule has 0 radical (unpaired) electrons. The van der Waals surface area contributed by atoms with Crippen LogP contribution in [0.3, 0.4) is 0 Å². The van der Waals surface area contributed by atoms with Gasteiger partial charge in [0.1, 0.15) is 0 Å². The van der Waals surface area contributed by atoms with Gasteiger partial charge in [0.2, 0.25) is 5.91 Å². The fourth-order valence-corrected chi connectivity index (χ4v) is 4.30. The number of rotatable bonds is 2. The third kappa shape index (κ3) is 3.31. The van der Waals surface area contributed by atoms with Crippen molar-refractivity contribution in [3.63, 3.8) is 0 Å². The van der Waals surface area contributed by atoms with E-state index >= 15 is 0 Å². The van der Waals surface area contributed by atoms with Gasteiger partial charge in [0.25, 0.3) is 0 Å². The third-order valence-corrected chi connectivity index (χ3v) is 5.57. The van der Waals surface area contributed by atoms with Crippen molar-refractivity contribution in [2.45, 2.75) is 39.0 Å². The van der Waals surface area contributed by atoms with Crippen LogP contribution in [0.1, 0.15) is 39.0 Å². The Labute approximate surface area is 108 Å². The van der Waals surface area contributed by atoms with Gasteiger partial charge in [-0.25, -0.2) is 13.8 Å². The number of hydrazone groups is 1. The highest BCUT2D eigenvalue weighted by Crippen LogP contribution is 2.21. The average molecular weight is 272 g/mol. The molecular formula is C12H20N2O3S. The number of hydrogen-bond acceptors (Lipinski definition) is 4. The maximum atomic E-state index is 11.8. The Morgan fingerprint density at radius 1 is 1.33 bits per heavy atom. The van der Waals surface area contributed by atoms with Gasteiger partial charge in [0.15, 0.2) is 9.84 Å². The Hall–Kier alpha value is -0.910. The molecule has 1 amide bonds. The van der Waals surface area contributed by atoms with Crippen molar-refractivity contribution < 1.29 is 13.2 Å². The molecule has 1 aliphatic heterocycles. The lowest BCUT2D eigenvalue weighted by Gasteiger charge is -2.20. The monoisotopic (exact) mass is 272 g/mol. The minimum atomic E-state index is -3.00. The highest BCUT2D eigenvalue weighted by molar-refractivity contribution is 7.91. The van der Waals surface area contributed by atoms with E-state index in [0.717, 1.165) is 25.0 Å². The lowest BCUT2D eigenvalue weighted by atomic mass is 9.89. The third-order valence-electron chi connectivity index (χ3n) is 3.80. The van der Waals surface area contributed by atoms with E-state index in [-0.39, 0.29) is 17.4 Å². The normalized spacial score (nSPS) is 33.5. The summed E-state index contributed by atoms with van der Waals surface area (Å²) in [6.45, 7) is 2.12. The number of amides is 1. The summed E-state index contributed by atoms with van der Waals surface area (Å²) in [6.07, 6.45) is 4.82. The maximum Gasteiger partial charge on any atom is 0.244 e. The van der Waals surface area contributed by atoms with Gasteiger partial charge >= 0.3 is 0 Å². The largest absolute Gasteiger partial charge is 0.273 e. The summed E-state index contributed by atoms with van der Waals surface area (Å²) < 4.78 is 22.6. The van der Waals surface area contributed by atoms with Gasteiger partial charge in [0.05, 0.1) is 17.4 Å². The van der Waals surface area contributed by atoms with Crippen molar-refractivity contribution in [3.05, 3.63) is 0 Å². The fourth-order valence-electron chi connectivity index (χ4n) is 2.56. The van der Waals surface area contributed by atoms with E-state index in [1.54, 1.807) is 0 Å². The lowest BCUT2D eigenvalue weighted by Crippen LogP contribution is -2.30. The molecule has 102 valence electrons. The molecule has 1 heterocycles. The van der Waals surface area contributed by atoms with Crippen LogP contribution in [0, 0.1) is 11.8 Å². The molecule has 2 fully saturated rings. The molecule has 0 aromatic carbocycles. The topological polar surface area (TPSA) is 75.6 Å². The molecule has 0 spiro atoms. The molecule has 5 nitrogen and oxygen atoms in total. The molecule has 0 aromatic rings. The molecule has 0 aromatic heterocycles. The summed E-state index contributed by atoms with van der Waals surface area (Å²) in [4.78, 5) is 11.8. The molecule has 18 heavy (non-hydrogen) atoms. The molecule has 0 bridgehead atoms. The number of carbonyl (C=O) groups excluding carboxylic acids is 1. The quantitative estimate of drug-likeness (QED) is 0.765. The van der Waals surface area contributed by atoms with Crippen molar-refractivity contribution in [1.29, 1.82) is 0 Å². The maximum absolute atomic E-state index is 11.8. The molecule has 2 atom stereocenters. The van der Waals surface area contributed by atoms with Crippen molar-refractivity contribution >= 4 is 21.5 Å². The molecule has 1 saturated heterocycles. The minimum absolute atomic E-state index is 0.0285. The predicted octanol–water partition coefficient (Wildman–Crippen LogP) is 1.10. The summed E-state index contributed by atoms with van der Waals surface area (Å²) in [5.41, 5.74) is 3.58. The Morgan fingerprint density at radius 3 is 2.72 bits per heavy atom. The molecular weight excluding hydrogens is 252 g/mol. The van der Waals surface area contributed by atoms with Crippen LogP contribution in [0.5, 0.6) is 0 Å². The lowest BCUT2D eigenvalue weighted by molar-refractivity contribution is -0.124. The SMILES string of the molecule is C[C@H]1CCCCC1=NNC(=O)[C@H]1CCS(=O)(=O)C1. The number of hydrogen-bond donors (Lipinski definition) is 1. The van der Waals surface area contributed by atoms with Crippen LogP contribution in [-0.2, 0) is 14.6 Å². The Kier molecular flexibility index (Phi) is 4.04. The fraction of sp³-hybridized carbons (Fsp3) is 0.833. The number of nitrogens with one attached hydrogen (secondary N) is 1. The minimum Gasteiger partial charge on any atom is -0.273 e. The average Bonchev–Trinajstić information content (AvgIpc) is 2.68. The summed E-state index contributed by atoms with van der Waals surface area (Å²) in [6, 6.07) is 0. The zero-order valence-electron chi connectivity index (χ0n) is 10.7. The van der Waals surface area contributed by atoms with E-state index in [1.807, 2.05) is 0 Å². The van der Waals surface area contributed by atoms with Gasteiger partial charge in [-0.3, -0.25) is 4.79 Å². The summed E-state index contributed by atoms with van der Waals surface area (Å²) in [5.74, 6) is -0.150. The van der Waals surface area contributed by atoms with E-state index in [2.05, 4.69) is 17.5 Å². The van der Waals surface area contributed by atoms with Crippen LogP contribution < -0.4 is 5.43 Å². The van der Waals surface area contributed by atoms with Gasteiger partial charge in [-0.05, 0) is 31.6 Å². The van der Waals surface area contributed by atoms with Crippen molar-refractivity contribution in [2.75, 3.05) is 11.5 Å². The van der Waals surface area contributed by atoms with E-state index in [4.69, 9.17) is 0 Å². The second-order valence-corrected chi connectivity index (χ2v) is 7.55. The highest BCUT2D eigenvalue weighted by atomic mass is 32.2. The van der Waals surface area contributed by atoms with Gasteiger partial charge in [-0.1, -0.05) is 13.3 Å². The van der Waals surface area contributed by atoms with Gasteiger partial charge in [0, 0.05) is 5.71 Å². The van der Waals surface area contributed by atoms with Crippen LogP contribution in [-0.4, -0.2) is 31.5 Å². The highest BCUT2D eigenvalue weighted by Gasteiger charge is 2.33. The smallest absolute Gasteiger partial charge is 0.244 e. The molecule has 2 aliphatic rings. The van der Waals surface area contributed by atoms with Crippen LogP contribution in [0.2, 0.25) is 0 Å². The van der Waals surface area contributed by atoms with Gasteiger partial charge in [-0.15, -0.1) is 0 Å². The van der Waals surface area contributed by atoms with E-state index in [0.29, 0.717) is 12.3 Å². The van der Waals surface area contributed by atoms with Crippen molar-refractivity contribution in [1.82, 2.24) is 5.43 Å². The Morgan fingerprint density at radius 2 is 2.11 bits per heavy atom. The summed E-state index contributed by atoms with van der Waals surface area (Å²) in [7, 11) is -3.00. The molecule has 1 aliphatic carbocycles. The Balaban J connectivity index is 1.90.